The molecule has 0 atom stereocenters. The summed E-state index contributed by atoms with van der Waals surface area (Å²) in [6.45, 7) is 36.1. The number of fused-ring (bicyclic) bond motifs is 2. The number of rotatable bonds is 6. The van der Waals surface area contributed by atoms with Gasteiger partial charge >= 0.3 is 0 Å². The van der Waals surface area contributed by atoms with E-state index < -0.39 is 0 Å². The van der Waals surface area contributed by atoms with E-state index in [1.54, 1.807) is 0 Å². The summed E-state index contributed by atoms with van der Waals surface area (Å²) in [7, 11) is 0. The summed E-state index contributed by atoms with van der Waals surface area (Å²) in [6.07, 6.45) is 4.43. The van der Waals surface area contributed by atoms with E-state index in [1.807, 2.05) is 0 Å². The normalized spacial score (nSPS) is 15.6. The molecule has 4 aromatic rings. The highest BCUT2D eigenvalue weighted by Gasteiger charge is 2.29. The van der Waals surface area contributed by atoms with Gasteiger partial charge in [0, 0.05) is 25.7 Å². The van der Waals surface area contributed by atoms with Crippen molar-refractivity contribution in [1.82, 2.24) is 0 Å². The van der Waals surface area contributed by atoms with Gasteiger partial charge in [0.05, 0.1) is 39.6 Å². The largest absolute Gasteiger partial charge is 0.493 e. The van der Waals surface area contributed by atoms with Gasteiger partial charge in [-0.15, -0.1) is 0 Å². The molecule has 338 valence electrons. The lowest BCUT2D eigenvalue weighted by Gasteiger charge is -2.29. The van der Waals surface area contributed by atoms with Crippen molar-refractivity contribution >= 4 is 0 Å². The topological polar surface area (TPSA) is 55.4 Å². The zero-order chi connectivity index (χ0) is 45.0. The Labute approximate surface area is 375 Å². The highest BCUT2D eigenvalue weighted by atomic mass is 16.6. The molecule has 0 aromatic heterocycles. The van der Waals surface area contributed by atoms with Crippen molar-refractivity contribution in [1.29, 1.82) is 0 Å². The van der Waals surface area contributed by atoms with Crippen LogP contribution in [0.4, 0.5) is 0 Å². The zero-order valence-corrected chi connectivity index (χ0v) is 41.0. The van der Waals surface area contributed by atoms with Gasteiger partial charge in [0.25, 0.3) is 0 Å². The van der Waals surface area contributed by atoms with Crippen molar-refractivity contribution in [3.05, 3.63) is 115 Å². The van der Waals surface area contributed by atoms with Crippen LogP contribution in [0.1, 0.15) is 177 Å². The van der Waals surface area contributed by atoms with Gasteiger partial charge in [-0.3, -0.25) is 0 Å². The molecule has 1 aliphatic heterocycles. The second-order valence-corrected chi connectivity index (χ2v) is 21.8. The minimum atomic E-state index is -0.109. The first-order valence-electron chi connectivity index (χ1n) is 23.5. The molecule has 0 unspecified atom stereocenters. The van der Waals surface area contributed by atoms with Crippen LogP contribution in [0, 0.1) is 0 Å². The summed E-state index contributed by atoms with van der Waals surface area (Å²) in [5.41, 5.74) is 14.0. The fraction of sp³-hybridized carbons (Fsp3) is 0.571. The Morgan fingerprint density at radius 1 is 0.371 bits per heavy atom. The van der Waals surface area contributed by atoms with Crippen LogP contribution >= 0.6 is 0 Å². The first-order chi connectivity index (χ1) is 29.2. The van der Waals surface area contributed by atoms with Gasteiger partial charge in [-0.25, -0.2) is 0 Å². The predicted molar refractivity (Wildman–Crippen MR) is 256 cm³/mol. The van der Waals surface area contributed by atoms with Crippen LogP contribution in [0.5, 0.6) is 23.0 Å². The first-order valence-corrected chi connectivity index (χ1v) is 23.5. The van der Waals surface area contributed by atoms with Crippen LogP contribution in [0.25, 0.3) is 0 Å². The predicted octanol–water partition coefficient (Wildman–Crippen LogP) is 12.9. The van der Waals surface area contributed by atoms with E-state index in [0.717, 1.165) is 58.1 Å². The summed E-state index contributed by atoms with van der Waals surface area (Å²) in [5, 5.41) is 0. The minimum Gasteiger partial charge on any atom is -0.493 e. The highest BCUT2D eigenvalue weighted by molar-refractivity contribution is 5.60. The van der Waals surface area contributed by atoms with Gasteiger partial charge < -0.3 is 28.4 Å². The maximum Gasteiger partial charge on any atom is 0.126 e. The molecule has 10 bridgehead atoms. The molecule has 2 aliphatic rings. The number of hydrogen-bond acceptors (Lipinski definition) is 6. The van der Waals surface area contributed by atoms with Crippen molar-refractivity contribution in [2.75, 3.05) is 52.9 Å². The smallest absolute Gasteiger partial charge is 0.126 e. The number of benzene rings is 4. The lowest BCUT2D eigenvalue weighted by Crippen LogP contribution is -2.18. The fourth-order valence-corrected chi connectivity index (χ4v) is 8.50. The molecule has 6 nitrogen and oxygen atoms in total. The van der Waals surface area contributed by atoms with Gasteiger partial charge in [-0.1, -0.05) is 145 Å². The fourth-order valence-electron chi connectivity index (χ4n) is 8.50. The standard InChI is InChI=1S/C56H78O6/c1-15-17-59-49-37-25-41-33-47(55(9,10)11)35-43-27-39-31-46(54(6,7)8)32-40(50(39)60-18-16-2)28-44-36-48(56(12,13)14)34-42(26-38(49)30-45(29-37)53(3,4)5)52(44)62-24-22-58-20-19-57-21-23-61-51(41)43/h29-36H,15-28H2,1-14H3. The van der Waals surface area contributed by atoms with Crippen molar-refractivity contribution in [2.45, 2.75) is 157 Å². The molecule has 0 amide bonds. The van der Waals surface area contributed by atoms with Crippen LogP contribution in [0.3, 0.4) is 0 Å². The summed E-state index contributed by atoms with van der Waals surface area (Å²) in [6, 6.07) is 19.2. The molecule has 62 heavy (non-hydrogen) atoms. The van der Waals surface area contributed by atoms with Crippen LogP contribution < -0.4 is 18.9 Å². The Kier molecular flexibility index (Phi) is 14.9. The zero-order valence-electron chi connectivity index (χ0n) is 41.0. The molecule has 0 radical (unpaired) electrons. The Bertz CT molecular complexity index is 1920. The minimum absolute atomic E-state index is 0.102. The van der Waals surface area contributed by atoms with Gasteiger partial charge in [-0.2, -0.15) is 0 Å². The Hall–Kier alpha value is -4.00. The first kappa shape index (κ1) is 47.5. The lowest BCUT2D eigenvalue weighted by atomic mass is 9.79. The summed E-state index contributed by atoms with van der Waals surface area (Å²) in [4.78, 5) is 0. The third kappa shape index (κ3) is 11.6. The SMILES string of the molecule is CCCOc1c2cc(C(C)(C)C)cc1Cc1cc(C(C)(C)C)cc3c1OCCOCCOCCOc1c(cc(C(C)(C)C)cc1Cc1cc(C(C)(C)C)cc(c1OCCC)C3)C2. The molecule has 0 saturated carbocycles. The van der Waals surface area contributed by atoms with Gasteiger partial charge in [0.15, 0.2) is 0 Å². The Morgan fingerprint density at radius 3 is 0.855 bits per heavy atom. The Morgan fingerprint density at radius 2 is 0.613 bits per heavy atom. The molecule has 0 fully saturated rings. The van der Waals surface area contributed by atoms with E-state index >= 15 is 0 Å². The molecule has 4 aromatic carbocycles. The monoisotopic (exact) mass is 847 g/mol. The molecule has 0 spiro atoms. The third-order valence-corrected chi connectivity index (χ3v) is 12.2. The van der Waals surface area contributed by atoms with Gasteiger partial charge in [0.1, 0.15) is 36.2 Å². The van der Waals surface area contributed by atoms with Crippen LogP contribution in [0.15, 0.2) is 48.5 Å². The average molecular weight is 847 g/mol. The van der Waals surface area contributed by atoms with Crippen LogP contribution in [-0.4, -0.2) is 52.9 Å². The second-order valence-electron chi connectivity index (χ2n) is 21.8. The van der Waals surface area contributed by atoms with Crippen molar-refractivity contribution in [3.8, 4) is 23.0 Å². The molecule has 6 rings (SSSR count). The van der Waals surface area contributed by atoms with Crippen molar-refractivity contribution in [3.63, 3.8) is 0 Å². The molecular weight excluding hydrogens is 769 g/mol. The maximum absolute atomic E-state index is 7.01. The van der Waals surface area contributed by atoms with Crippen molar-refractivity contribution in [2.24, 2.45) is 0 Å². The lowest BCUT2D eigenvalue weighted by molar-refractivity contribution is 0.0270. The summed E-state index contributed by atoms with van der Waals surface area (Å²) < 4.78 is 40.2. The van der Waals surface area contributed by atoms with Gasteiger partial charge in [-0.05, 0) is 101 Å². The van der Waals surface area contributed by atoms with E-state index in [9.17, 15) is 0 Å². The van der Waals surface area contributed by atoms with E-state index in [4.69, 9.17) is 28.4 Å². The van der Waals surface area contributed by atoms with Gasteiger partial charge in [0.2, 0.25) is 0 Å². The molecule has 6 heteroatoms. The maximum atomic E-state index is 7.01. The van der Waals surface area contributed by atoms with Crippen molar-refractivity contribution < 1.29 is 28.4 Å². The molecule has 0 N–H and O–H groups in total. The van der Waals surface area contributed by atoms with E-state index in [2.05, 4.69) is 145 Å². The molecule has 0 saturated heterocycles. The van der Waals surface area contributed by atoms with Crippen LogP contribution in [0.2, 0.25) is 0 Å². The Balaban J connectivity index is 1.81. The van der Waals surface area contributed by atoms with Crippen LogP contribution in [-0.2, 0) is 56.8 Å². The highest BCUT2D eigenvalue weighted by Crippen LogP contribution is 2.44. The summed E-state index contributed by atoms with van der Waals surface area (Å²) in [5.74, 6) is 3.78. The van der Waals surface area contributed by atoms with E-state index in [1.165, 1.54) is 44.5 Å². The van der Waals surface area contributed by atoms with E-state index in [-0.39, 0.29) is 21.7 Å². The number of hydrogen-bond donors (Lipinski definition) is 0. The summed E-state index contributed by atoms with van der Waals surface area (Å²) >= 11 is 0. The average Bonchev–Trinajstić information content (AvgIpc) is 3.17. The number of ether oxygens (including phenoxy) is 6. The molecule has 1 aliphatic carbocycles. The van der Waals surface area contributed by atoms with E-state index in [0.29, 0.717) is 78.5 Å². The third-order valence-electron chi connectivity index (χ3n) is 12.2. The molecular formula is C56H78O6. The molecule has 1 heterocycles. The quantitative estimate of drug-likeness (QED) is 0.170. The second kappa shape index (κ2) is 19.4.